The molecule has 0 radical (unpaired) electrons. The number of benzene rings is 1. The maximum atomic E-state index is 14.4. The van der Waals surface area contributed by atoms with Crippen LogP contribution in [-0.2, 0) is 0 Å². The van der Waals surface area contributed by atoms with Gasteiger partial charge in [0.25, 0.3) is 0 Å². The number of nitrogens with one attached hydrogen (secondary N) is 1. The summed E-state index contributed by atoms with van der Waals surface area (Å²) in [5.41, 5.74) is 9.21. The standard InChI is InChI=1S/C20H24FN5O/c1-12-8-17(25-20(24-12)26-7-6-14(22)11-26)16-9-13(10-23-16)19-15(21)4-3-5-18(19)27-2/h3-5,8,10,14,16,23H,6-7,9,11,22H2,1-2H3. The normalized spacial score (nSPS) is 21.9. The van der Waals surface area contributed by atoms with E-state index in [1.165, 1.54) is 6.07 Å². The maximum Gasteiger partial charge on any atom is 0.225 e. The van der Waals surface area contributed by atoms with Gasteiger partial charge < -0.3 is 20.7 Å². The van der Waals surface area contributed by atoms with Crippen molar-refractivity contribution < 1.29 is 9.13 Å². The van der Waals surface area contributed by atoms with Gasteiger partial charge in [0.2, 0.25) is 5.95 Å². The second kappa shape index (κ2) is 7.15. The summed E-state index contributed by atoms with van der Waals surface area (Å²) < 4.78 is 19.7. The van der Waals surface area contributed by atoms with E-state index in [0.717, 1.165) is 42.4 Å². The van der Waals surface area contributed by atoms with Crippen LogP contribution >= 0.6 is 0 Å². The molecule has 2 atom stereocenters. The molecule has 2 aliphatic rings. The van der Waals surface area contributed by atoms with E-state index < -0.39 is 0 Å². The predicted octanol–water partition coefficient (Wildman–Crippen LogP) is 2.55. The van der Waals surface area contributed by atoms with Crippen LogP contribution in [0.5, 0.6) is 5.75 Å². The quantitative estimate of drug-likeness (QED) is 0.863. The van der Waals surface area contributed by atoms with Crippen LogP contribution in [0, 0.1) is 12.7 Å². The van der Waals surface area contributed by atoms with E-state index in [2.05, 4.69) is 15.2 Å². The Hall–Kier alpha value is -2.67. The summed E-state index contributed by atoms with van der Waals surface area (Å²) in [6.45, 7) is 3.61. The lowest BCUT2D eigenvalue weighted by molar-refractivity contribution is 0.409. The number of nitrogens with zero attached hydrogens (tertiary/aromatic N) is 3. The average molecular weight is 369 g/mol. The molecule has 27 heavy (non-hydrogen) atoms. The number of hydrogen-bond acceptors (Lipinski definition) is 6. The number of nitrogens with two attached hydrogens (primary N) is 1. The van der Waals surface area contributed by atoms with Crippen LogP contribution in [-0.4, -0.2) is 36.2 Å². The molecule has 0 spiro atoms. The summed E-state index contributed by atoms with van der Waals surface area (Å²) in [5, 5.41) is 3.34. The Morgan fingerprint density at radius 2 is 2.19 bits per heavy atom. The minimum absolute atomic E-state index is 0.0268. The first-order valence-electron chi connectivity index (χ1n) is 9.19. The van der Waals surface area contributed by atoms with Gasteiger partial charge in [-0.2, -0.15) is 0 Å². The van der Waals surface area contributed by atoms with Gasteiger partial charge in [-0.15, -0.1) is 0 Å². The lowest BCUT2D eigenvalue weighted by Gasteiger charge is -2.19. The highest BCUT2D eigenvalue weighted by molar-refractivity contribution is 5.73. The van der Waals surface area contributed by atoms with E-state index in [4.69, 9.17) is 15.5 Å². The molecule has 6 nitrogen and oxygen atoms in total. The Labute approximate surface area is 158 Å². The molecule has 0 amide bonds. The van der Waals surface area contributed by atoms with E-state index in [1.54, 1.807) is 19.2 Å². The van der Waals surface area contributed by atoms with Crippen LogP contribution in [0.4, 0.5) is 10.3 Å². The molecule has 2 aromatic rings. The van der Waals surface area contributed by atoms with E-state index in [0.29, 0.717) is 17.7 Å². The molecule has 1 aromatic heterocycles. The zero-order valence-corrected chi connectivity index (χ0v) is 15.6. The van der Waals surface area contributed by atoms with Crippen molar-refractivity contribution in [3.63, 3.8) is 0 Å². The Morgan fingerprint density at radius 1 is 1.33 bits per heavy atom. The molecule has 1 aromatic carbocycles. The lowest BCUT2D eigenvalue weighted by atomic mass is 9.99. The van der Waals surface area contributed by atoms with Crippen molar-refractivity contribution in [1.82, 2.24) is 15.3 Å². The summed E-state index contributed by atoms with van der Waals surface area (Å²) in [5.74, 6) is 0.972. The molecule has 142 valence electrons. The van der Waals surface area contributed by atoms with Gasteiger partial charge in [0.05, 0.1) is 24.4 Å². The van der Waals surface area contributed by atoms with Crippen molar-refractivity contribution in [1.29, 1.82) is 0 Å². The molecule has 1 fully saturated rings. The number of rotatable bonds is 4. The molecule has 7 heteroatoms. The van der Waals surface area contributed by atoms with Crippen molar-refractivity contribution >= 4 is 11.5 Å². The molecular weight excluding hydrogens is 345 g/mol. The fraction of sp³-hybridized carbons (Fsp3) is 0.400. The van der Waals surface area contributed by atoms with Crippen LogP contribution in [0.2, 0.25) is 0 Å². The molecule has 3 N–H and O–H groups in total. The molecule has 0 aliphatic carbocycles. The number of ether oxygens (including phenoxy) is 1. The Kier molecular flexibility index (Phi) is 4.70. The number of halogens is 1. The second-order valence-corrected chi connectivity index (χ2v) is 7.14. The van der Waals surface area contributed by atoms with Crippen LogP contribution in [0.25, 0.3) is 5.57 Å². The van der Waals surface area contributed by atoms with Crippen molar-refractivity contribution in [3.8, 4) is 5.75 Å². The van der Waals surface area contributed by atoms with Crippen LogP contribution in [0.3, 0.4) is 0 Å². The predicted molar refractivity (Wildman–Crippen MR) is 103 cm³/mol. The molecule has 4 rings (SSSR count). The van der Waals surface area contributed by atoms with Gasteiger partial charge in [0.1, 0.15) is 11.6 Å². The van der Waals surface area contributed by atoms with Gasteiger partial charge in [-0.3, -0.25) is 0 Å². The first-order valence-corrected chi connectivity index (χ1v) is 9.19. The minimum atomic E-state index is -0.284. The highest BCUT2D eigenvalue weighted by Gasteiger charge is 2.27. The molecule has 2 aliphatic heterocycles. The molecule has 0 saturated carbocycles. The summed E-state index contributed by atoms with van der Waals surface area (Å²) in [4.78, 5) is 11.5. The minimum Gasteiger partial charge on any atom is -0.496 e. The van der Waals surface area contributed by atoms with E-state index in [-0.39, 0.29) is 17.9 Å². The molecule has 0 bridgehead atoms. The number of aryl methyl sites for hydroxylation is 1. The van der Waals surface area contributed by atoms with Crippen molar-refractivity contribution in [2.75, 3.05) is 25.1 Å². The Morgan fingerprint density at radius 3 is 2.93 bits per heavy atom. The third-order valence-corrected chi connectivity index (χ3v) is 5.13. The topological polar surface area (TPSA) is 76.3 Å². The van der Waals surface area contributed by atoms with E-state index in [9.17, 15) is 4.39 Å². The van der Waals surface area contributed by atoms with Gasteiger partial charge in [0.15, 0.2) is 0 Å². The Balaban J connectivity index is 1.58. The first kappa shape index (κ1) is 17.7. The second-order valence-electron chi connectivity index (χ2n) is 7.14. The van der Waals surface area contributed by atoms with Crippen LogP contribution in [0.15, 0.2) is 30.5 Å². The van der Waals surface area contributed by atoms with Gasteiger partial charge in [-0.05, 0) is 37.1 Å². The number of aromatic nitrogens is 2. The third kappa shape index (κ3) is 3.47. The zero-order chi connectivity index (χ0) is 19.0. The van der Waals surface area contributed by atoms with Gasteiger partial charge >= 0.3 is 0 Å². The van der Waals surface area contributed by atoms with Crippen molar-refractivity contribution in [3.05, 3.63) is 53.2 Å². The van der Waals surface area contributed by atoms with E-state index in [1.807, 2.05) is 19.2 Å². The van der Waals surface area contributed by atoms with Crippen LogP contribution < -0.4 is 20.7 Å². The molecule has 1 saturated heterocycles. The molecule has 3 heterocycles. The van der Waals surface area contributed by atoms with Crippen LogP contribution in [0.1, 0.15) is 35.8 Å². The first-order chi connectivity index (χ1) is 13.0. The number of hydrogen-bond donors (Lipinski definition) is 2. The summed E-state index contributed by atoms with van der Waals surface area (Å²) in [7, 11) is 1.56. The fourth-order valence-electron chi connectivity index (χ4n) is 3.75. The largest absolute Gasteiger partial charge is 0.496 e. The van der Waals surface area contributed by atoms with Gasteiger partial charge in [-0.25, -0.2) is 14.4 Å². The lowest BCUT2D eigenvalue weighted by Crippen LogP contribution is -2.28. The summed E-state index contributed by atoms with van der Waals surface area (Å²) in [6.07, 6.45) is 3.44. The highest BCUT2D eigenvalue weighted by atomic mass is 19.1. The monoisotopic (exact) mass is 369 g/mol. The van der Waals surface area contributed by atoms with Gasteiger partial charge in [0, 0.05) is 37.4 Å². The highest BCUT2D eigenvalue weighted by Crippen LogP contribution is 2.37. The smallest absolute Gasteiger partial charge is 0.225 e. The van der Waals surface area contributed by atoms with Gasteiger partial charge in [-0.1, -0.05) is 6.07 Å². The van der Waals surface area contributed by atoms with Crippen molar-refractivity contribution in [2.45, 2.75) is 31.8 Å². The number of methoxy groups -OCH3 is 1. The summed E-state index contributed by atoms with van der Waals surface area (Å²) >= 11 is 0. The molecular formula is C20H24FN5O. The van der Waals surface area contributed by atoms with E-state index >= 15 is 0 Å². The average Bonchev–Trinajstić information content (AvgIpc) is 3.30. The third-order valence-electron chi connectivity index (χ3n) is 5.13. The maximum absolute atomic E-state index is 14.4. The summed E-state index contributed by atoms with van der Waals surface area (Å²) in [6, 6.07) is 7.00. The zero-order valence-electron chi connectivity index (χ0n) is 15.6. The number of anilines is 1. The molecule has 2 unspecified atom stereocenters. The fourth-order valence-corrected chi connectivity index (χ4v) is 3.75. The SMILES string of the molecule is COc1cccc(F)c1C1=CNC(c2cc(C)nc(N3CCC(N)C3)n2)C1. The Bertz CT molecular complexity index is 885. The van der Waals surface area contributed by atoms with Crippen molar-refractivity contribution in [2.24, 2.45) is 5.73 Å².